The maximum atomic E-state index is 4.43. The average molecular weight is 488 g/mol. The van der Waals surface area contributed by atoms with Gasteiger partial charge < -0.3 is 0 Å². The Labute approximate surface area is 150 Å². The quantitative estimate of drug-likeness (QED) is 0.402. The maximum absolute atomic E-state index is 4.43. The van der Waals surface area contributed by atoms with Crippen molar-refractivity contribution in [3.63, 3.8) is 0 Å². The SMILES string of the molecule is Cc1cc2c(s1)c(C)c(-c1ccc3ncccc3c1)n2C[CH]=[W]. The Balaban J connectivity index is 2.02. The van der Waals surface area contributed by atoms with Gasteiger partial charge in [0, 0.05) is 0 Å². The number of benzene rings is 1. The van der Waals surface area contributed by atoms with Crippen LogP contribution in [0, 0.1) is 13.8 Å². The first kappa shape index (κ1) is 15.0. The van der Waals surface area contributed by atoms with E-state index in [2.05, 4.69) is 58.1 Å². The molecule has 0 N–H and O–H groups in total. The number of hydrogen-bond acceptors (Lipinski definition) is 2. The molecule has 3 aromatic heterocycles. The molecule has 0 amide bonds. The summed E-state index contributed by atoms with van der Waals surface area (Å²) in [5.41, 5.74) is 6.42. The fourth-order valence-corrected chi connectivity index (χ4v) is 4.81. The van der Waals surface area contributed by atoms with Crippen molar-refractivity contribution in [2.75, 3.05) is 0 Å². The third-order valence-corrected chi connectivity index (χ3v) is 5.92. The minimum atomic E-state index is 0.969. The monoisotopic (exact) mass is 488 g/mol. The van der Waals surface area contributed by atoms with E-state index in [9.17, 15) is 0 Å². The molecule has 0 fully saturated rings. The van der Waals surface area contributed by atoms with Crippen LogP contribution in [-0.2, 0) is 25.9 Å². The van der Waals surface area contributed by atoms with E-state index in [-0.39, 0.29) is 0 Å². The van der Waals surface area contributed by atoms with Gasteiger partial charge >= 0.3 is 150 Å². The molecule has 0 radical (unpaired) electrons. The van der Waals surface area contributed by atoms with Gasteiger partial charge in [-0.3, -0.25) is 0 Å². The summed E-state index contributed by atoms with van der Waals surface area (Å²) in [4.78, 5) is 5.81. The predicted molar refractivity (Wildman–Crippen MR) is 96.1 cm³/mol. The summed E-state index contributed by atoms with van der Waals surface area (Å²) < 4.78 is 6.18. The number of rotatable bonds is 3. The standard InChI is InChI=1S/C19H16N2S.W/c1-4-21-17-10-12(2)22-19(17)13(3)18(21)15-7-8-16-14(11-15)6-5-9-20-16;/h1,5-11H,4H2,2-3H3;. The van der Waals surface area contributed by atoms with Crippen LogP contribution in [0.25, 0.3) is 32.4 Å². The number of fused-ring (bicyclic) bond motifs is 2. The molecule has 0 aliphatic heterocycles. The van der Waals surface area contributed by atoms with Crippen LogP contribution in [0.15, 0.2) is 42.6 Å². The molecule has 0 saturated carbocycles. The van der Waals surface area contributed by atoms with Crippen molar-refractivity contribution in [2.24, 2.45) is 0 Å². The van der Waals surface area contributed by atoms with Crippen LogP contribution in [0.2, 0.25) is 0 Å². The number of nitrogens with zero attached hydrogens (tertiary/aromatic N) is 2. The summed E-state index contributed by atoms with van der Waals surface area (Å²) in [6.07, 6.45) is 1.85. The molecule has 23 heavy (non-hydrogen) atoms. The van der Waals surface area contributed by atoms with Crippen LogP contribution in [0.1, 0.15) is 10.4 Å². The molecular weight excluding hydrogens is 472 g/mol. The van der Waals surface area contributed by atoms with E-state index in [1.165, 1.54) is 56.7 Å². The van der Waals surface area contributed by atoms with Gasteiger partial charge in [0.15, 0.2) is 0 Å². The first-order valence-corrected chi connectivity index (χ1v) is 10.1. The van der Waals surface area contributed by atoms with E-state index in [0.29, 0.717) is 0 Å². The van der Waals surface area contributed by atoms with Gasteiger partial charge in [0.25, 0.3) is 0 Å². The number of hydrogen-bond donors (Lipinski definition) is 0. The second-order valence-electron chi connectivity index (χ2n) is 5.73. The van der Waals surface area contributed by atoms with Gasteiger partial charge in [0.1, 0.15) is 0 Å². The van der Waals surface area contributed by atoms with Gasteiger partial charge in [-0.2, -0.15) is 0 Å². The van der Waals surface area contributed by atoms with Crippen molar-refractivity contribution in [1.29, 1.82) is 0 Å². The van der Waals surface area contributed by atoms with Gasteiger partial charge in [-0.25, -0.2) is 0 Å². The van der Waals surface area contributed by atoms with Crippen LogP contribution in [0.4, 0.5) is 0 Å². The molecular formula is C19H16N2SW. The molecule has 0 aliphatic carbocycles. The third kappa shape index (κ3) is 2.43. The van der Waals surface area contributed by atoms with Gasteiger partial charge in [0.05, 0.1) is 0 Å². The zero-order valence-electron chi connectivity index (χ0n) is 13.0. The summed E-state index contributed by atoms with van der Waals surface area (Å²) in [5.74, 6) is 0. The van der Waals surface area contributed by atoms with Crippen LogP contribution in [0.3, 0.4) is 0 Å². The zero-order valence-corrected chi connectivity index (χ0v) is 16.8. The normalized spacial score (nSPS) is 11.4. The van der Waals surface area contributed by atoms with Crippen LogP contribution in [-0.4, -0.2) is 14.0 Å². The molecule has 2 nitrogen and oxygen atoms in total. The summed E-state index contributed by atoms with van der Waals surface area (Å²) in [5, 5.41) is 1.20. The second-order valence-corrected chi connectivity index (χ2v) is 8.19. The van der Waals surface area contributed by atoms with E-state index in [4.69, 9.17) is 0 Å². The van der Waals surface area contributed by atoms with Crippen molar-refractivity contribution in [3.05, 3.63) is 53.0 Å². The topological polar surface area (TPSA) is 17.8 Å². The first-order chi connectivity index (χ1) is 11.2. The molecule has 0 aliphatic rings. The van der Waals surface area contributed by atoms with Crippen molar-refractivity contribution in [1.82, 2.24) is 9.55 Å². The van der Waals surface area contributed by atoms with E-state index in [1.54, 1.807) is 0 Å². The zero-order chi connectivity index (χ0) is 16.0. The van der Waals surface area contributed by atoms with E-state index in [1.807, 2.05) is 23.6 Å². The van der Waals surface area contributed by atoms with Gasteiger partial charge in [-0.05, 0) is 0 Å². The van der Waals surface area contributed by atoms with E-state index in [0.717, 1.165) is 12.1 Å². The molecule has 3 heterocycles. The Bertz CT molecular complexity index is 1040. The molecule has 0 unspecified atom stereocenters. The minimum absolute atomic E-state index is 0.969. The average Bonchev–Trinajstić information content (AvgIpc) is 3.05. The van der Waals surface area contributed by atoms with Crippen LogP contribution < -0.4 is 0 Å². The summed E-state index contributed by atoms with van der Waals surface area (Å²) >= 11 is 3.41. The number of pyridine rings is 1. The summed E-state index contributed by atoms with van der Waals surface area (Å²) in [6, 6.07) is 13.0. The van der Waals surface area contributed by atoms with Crippen LogP contribution in [0.5, 0.6) is 0 Å². The molecule has 1 aromatic carbocycles. The Kier molecular flexibility index (Phi) is 3.79. The molecule has 4 aromatic rings. The number of aromatic nitrogens is 2. The fraction of sp³-hybridized carbons (Fsp3) is 0.158. The number of thiophene rings is 1. The van der Waals surface area contributed by atoms with Crippen LogP contribution >= 0.6 is 11.3 Å². The Hall–Kier alpha value is -1.57. The second kappa shape index (κ2) is 5.81. The molecule has 114 valence electrons. The van der Waals surface area contributed by atoms with E-state index < -0.39 is 0 Å². The number of aryl methyl sites for hydroxylation is 2. The Morgan fingerprint density at radius 1 is 1.22 bits per heavy atom. The Morgan fingerprint density at radius 2 is 2.09 bits per heavy atom. The van der Waals surface area contributed by atoms with Gasteiger partial charge in [0.2, 0.25) is 0 Å². The summed E-state index contributed by atoms with van der Waals surface area (Å²) in [7, 11) is 0. The molecule has 4 heteroatoms. The molecule has 4 rings (SSSR count). The summed E-state index contributed by atoms with van der Waals surface area (Å²) in [6.45, 7) is 5.41. The molecule has 0 bridgehead atoms. The fourth-order valence-electron chi connectivity index (χ4n) is 3.26. The van der Waals surface area contributed by atoms with Gasteiger partial charge in [-0.15, -0.1) is 0 Å². The Morgan fingerprint density at radius 3 is 2.91 bits per heavy atom. The van der Waals surface area contributed by atoms with Gasteiger partial charge in [-0.1, -0.05) is 0 Å². The third-order valence-electron chi connectivity index (χ3n) is 4.23. The molecule has 0 spiro atoms. The van der Waals surface area contributed by atoms with Crippen molar-refractivity contribution in [2.45, 2.75) is 20.4 Å². The molecule has 0 saturated heterocycles. The predicted octanol–water partition coefficient (Wildman–Crippen LogP) is 4.88. The van der Waals surface area contributed by atoms with Crippen molar-refractivity contribution >= 4 is 36.9 Å². The molecule has 0 atom stereocenters. The van der Waals surface area contributed by atoms with E-state index >= 15 is 0 Å². The van der Waals surface area contributed by atoms with Crippen molar-refractivity contribution < 1.29 is 19.4 Å². The first-order valence-electron chi connectivity index (χ1n) is 7.57. The van der Waals surface area contributed by atoms with Crippen molar-refractivity contribution in [3.8, 4) is 11.3 Å².